The molecular formula is C19H18ClN3O2S. The van der Waals surface area contributed by atoms with Gasteiger partial charge < -0.3 is 10.2 Å². The largest absolute Gasteiger partial charge is 0.345 e. The van der Waals surface area contributed by atoms with Gasteiger partial charge in [-0.15, -0.1) is 0 Å². The minimum Gasteiger partial charge on any atom is -0.345 e. The van der Waals surface area contributed by atoms with Crippen LogP contribution in [-0.4, -0.2) is 35.9 Å². The van der Waals surface area contributed by atoms with E-state index in [1.165, 1.54) is 11.0 Å². The zero-order chi connectivity index (χ0) is 19.1. The monoisotopic (exact) mass is 387 g/mol. The van der Waals surface area contributed by atoms with Gasteiger partial charge >= 0.3 is 0 Å². The predicted octanol–water partition coefficient (Wildman–Crippen LogP) is 3.57. The molecular weight excluding hydrogens is 370 g/mol. The van der Waals surface area contributed by atoms with E-state index in [9.17, 15) is 9.59 Å². The van der Waals surface area contributed by atoms with Crippen LogP contribution in [0.1, 0.15) is 15.9 Å². The summed E-state index contributed by atoms with van der Waals surface area (Å²) in [5.74, 6) is -0.543. The summed E-state index contributed by atoms with van der Waals surface area (Å²) in [5, 5.41) is 6.17. The normalized spacial score (nSPS) is 10.4. The van der Waals surface area contributed by atoms with E-state index in [4.69, 9.17) is 23.8 Å². The van der Waals surface area contributed by atoms with Gasteiger partial charge in [0.2, 0.25) is 5.91 Å². The van der Waals surface area contributed by atoms with E-state index in [2.05, 4.69) is 10.6 Å². The highest BCUT2D eigenvalue weighted by molar-refractivity contribution is 7.80. The van der Waals surface area contributed by atoms with Crippen LogP contribution >= 0.6 is 23.8 Å². The number of benzene rings is 2. The summed E-state index contributed by atoms with van der Waals surface area (Å²) in [6.07, 6.45) is 3.02. The Balaban J connectivity index is 1.99. The summed E-state index contributed by atoms with van der Waals surface area (Å²) >= 11 is 11.0. The molecule has 0 aliphatic heterocycles. The van der Waals surface area contributed by atoms with E-state index >= 15 is 0 Å². The Morgan fingerprint density at radius 2 is 1.73 bits per heavy atom. The summed E-state index contributed by atoms with van der Waals surface area (Å²) in [5.41, 5.74) is 1.83. The second-order valence-electron chi connectivity index (χ2n) is 5.57. The Hall–Kier alpha value is -2.70. The van der Waals surface area contributed by atoms with Crippen molar-refractivity contribution >= 4 is 52.5 Å². The number of nitrogens with zero attached hydrogens (tertiary/aromatic N) is 1. The van der Waals surface area contributed by atoms with Gasteiger partial charge in [0.25, 0.3) is 5.91 Å². The van der Waals surface area contributed by atoms with Gasteiger partial charge in [0, 0.05) is 25.2 Å². The highest BCUT2D eigenvalue weighted by atomic mass is 35.5. The third-order valence-electron chi connectivity index (χ3n) is 3.35. The van der Waals surface area contributed by atoms with Crippen LogP contribution in [-0.2, 0) is 4.79 Å². The summed E-state index contributed by atoms with van der Waals surface area (Å²) in [6.45, 7) is 0. The maximum atomic E-state index is 12.2. The van der Waals surface area contributed by atoms with Crippen molar-refractivity contribution in [3.05, 3.63) is 70.8 Å². The fraction of sp³-hybridized carbons (Fsp3) is 0.105. The third kappa shape index (κ3) is 5.68. The molecule has 0 aliphatic carbocycles. The fourth-order valence-corrected chi connectivity index (χ4v) is 2.41. The number of carbonyl (C=O) groups is 2. The highest BCUT2D eigenvalue weighted by Gasteiger charge is 2.13. The number of anilines is 1. The fourth-order valence-electron chi connectivity index (χ4n) is 2.07. The van der Waals surface area contributed by atoms with Crippen molar-refractivity contribution in [1.29, 1.82) is 0 Å². The van der Waals surface area contributed by atoms with Crippen molar-refractivity contribution in [1.82, 2.24) is 10.2 Å². The van der Waals surface area contributed by atoms with E-state index in [1.807, 2.05) is 0 Å². The first kappa shape index (κ1) is 19.6. The number of hydrogen-bond donors (Lipinski definition) is 2. The zero-order valence-corrected chi connectivity index (χ0v) is 15.9. The zero-order valence-electron chi connectivity index (χ0n) is 14.3. The first-order valence-corrected chi connectivity index (χ1v) is 8.52. The molecule has 0 spiro atoms. The lowest BCUT2D eigenvalue weighted by Gasteiger charge is -2.15. The number of rotatable bonds is 4. The molecule has 0 atom stereocenters. The predicted molar refractivity (Wildman–Crippen MR) is 109 cm³/mol. The molecule has 0 heterocycles. The number of para-hydroxylation sites is 1. The van der Waals surface area contributed by atoms with Gasteiger partial charge in [-0.1, -0.05) is 35.9 Å². The van der Waals surface area contributed by atoms with Crippen molar-refractivity contribution in [2.24, 2.45) is 0 Å². The molecule has 0 bridgehead atoms. The third-order valence-corrected chi connectivity index (χ3v) is 3.80. The molecule has 2 amide bonds. The second kappa shape index (κ2) is 9.12. The van der Waals surface area contributed by atoms with Crippen LogP contribution in [0.2, 0.25) is 5.02 Å². The van der Waals surface area contributed by atoms with E-state index in [-0.39, 0.29) is 16.9 Å². The molecule has 26 heavy (non-hydrogen) atoms. The maximum absolute atomic E-state index is 12.2. The minimum atomic E-state index is -0.381. The van der Waals surface area contributed by atoms with Gasteiger partial charge in [-0.2, -0.15) is 0 Å². The topological polar surface area (TPSA) is 61.4 Å². The lowest BCUT2D eigenvalue weighted by atomic mass is 10.1. The Morgan fingerprint density at radius 1 is 1.08 bits per heavy atom. The Bertz CT molecular complexity index is 848. The molecule has 0 saturated heterocycles. The smallest absolute Gasteiger partial charge is 0.255 e. The first-order valence-electron chi connectivity index (χ1n) is 7.73. The van der Waals surface area contributed by atoms with Gasteiger partial charge in [-0.3, -0.25) is 14.9 Å². The Labute approximate surface area is 162 Å². The average Bonchev–Trinajstić information content (AvgIpc) is 2.61. The standard InChI is InChI=1S/C19H18ClN3O2S/c1-23(2)18(25)15-5-3-4-6-16(15)21-19(26)22-17(24)12-9-13-7-10-14(20)11-8-13/h3-12H,1-2H3,(H2,21,22,24,26)/b12-9+. The molecule has 2 aromatic carbocycles. The molecule has 0 saturated carbocycles. The molecule has 7 heteroatoms. The summed E-state index contributed by atoms with van der Waals surface area (Å²) in [4.78, 5) is 25.6. The highest BCUT2D eigenvalue weighted by Crippen LogP contribution is 2.16. The van der Waals surface area contributed by atoms with E-state index in [0.29, 0.717) is 16.3 Å². The summed E-state index contributed by atoms with van der Waals surface area (Å²) in [6, 6.07) is 14.0. The molecule has 0 unspecified atom stereocenters. The molecule has 2 rings (SSSR count). The van der Waals surface area contributed by atoms with Crippen molar-refractivity contribution in [2.75, 3.05) is 19.4 Å². The summed E-state index contributed by atoms with van der Waals surface area (Å²) < 4.78 is 0. The van der Waals surface area contributed by atoms with Crippen LogP contribution in [0, 0.1) is 0 Å². The molecule has 5 nitrogen and oxygen atoms in total. The van der Waals surface area contributed by atoms with Gasteiger partial charge in [-0.25, -0.2) is 0 Å². The number of amides is 2. The van der Waals surface area contributed by atoms with Crippen LogP contribution < -0.4 is 10.6 Å². The van der Waals surface area contributed by atoms with Crippen molar-refractivity contribution in [2.45, 2.75) is 0 Å². The molecule has 0 aromatic heterocycles. The van der Waals surface area contributed by atoms with Crippen LogP contribution in [0.3, 0.4) is 0 Å². The minimum absolute atomic E-state index is 0.106. The van der Waals surface area contributed by atoms with Crippen LogP contribution in [0.4, 0.5) is 5.69 Å². The lowest BCUT2D eigenvalue weighted by Crippen LogP contribution is -2.33. The van der Waals surface area contributed by atoms with Crippen molar-refractivity contribution in [3.63, 3.8) is 0 Å². The van der Waals surface area contributed by atoms with Gasteiger partial charge in [0.1, 0.15) is 0 Å². The number of thiocarbonyl (C=S) groups is 1. The maximum Gasteiger partial charge on any atom is 0.255 e. The SMILES string of the molecule is CN(C)C(=O)c1ccccc1NC(=S)NC(=O)/C=C/c1ccc(Cl)cc1. The molecule has 0 radical (unpaired) electrons. The van der Waals surface area contributed by atoms with Crippen molar-refractivity contribution < 1.29 is 9.59 Å². The van der Waals surface area contributed by atoms with E-state index in [0.717, 1.165) is 5.56 Å². The van der Waals surface area contributed by atoms with Crippen LogP contribution in [0.5, 0.6) is 0 Å². The molecule has 2 N–H and O–H groups in total. The van der Waals surface area contributed by atoms with E-state index in [1.54, 1.807) is 68.7 Å². The number of halogens is 1. The number of carbonyl (C=O) groups excluding carboxylic acids is 2. The Morgan fingerprint density at radius 3 is 2.38 bits per heavy atom. The van der Waals surface area contributed by atoms with Crippen LogP contribution in [0.15, 0.2) is 54.6 Å². The molecule has 2 aromatic rings. The number of nitrogens with one attached hydrogen (secondary N) is 2. The molecule has 134 valence electrons. The molecule has 0 aliphatic rings. The quantitative estimate of drug-likeness (QED) is 0.622. The van der Waals surface area contributed by atoms with Gasteiger partial charge in [0.05, 0.1) is 11.3 Å². The molecule has 0 fully saturated rings. The van der Waals surface area contributed by atoms with E-state index < -0.39 is 0 Å². The second-order valence-corrected chi connectivity index (χ2v) is 6.42. The first-order chi connectivity index (χ1) is 12.4. The Kier molecular flexibility index (Phi) is 6.89. The van der Waals surface area contributed by atoms with Crippen LogP contribution in [0.25, 0.3) is 6.08 Å². The van der Waals surface area contributed by atoms with Crippen molar-refractivity contribution in [3.8, 4) is 0 Å². The summed E-state index contributed by atoms with van der Waals surface area (Å²) in [7, 11) is 3.33. The van der Waals surface area contributed by atoms with Gasteiger partial charge in [-0.05, 0) is 48.1 Å². The van der Waals surface area contributed by atoms with Gasteiger partial charge in [0.15, 0.2) is 5.11 Å². The average molecular weight is 388 g/mol. The lowest BCUT2D eigenvalue weighted by molar-refractivity contribution is -0.115. The number of hydrogen-bond acceptors (Lipinski definition) is 3.